The fourth-order valence-corrected chi connectivity index (χ4v) is 5.50. The van der Waals surface area contributed by atoms with Crippen molar-refractivity contribution in [2.45, 2.75) is 89.3 Å². The molecular weight excluding hydrogens is 474 g/mol. The number of rotatable bonds is 7. The molecule has 0 unspecified atom stereocenters. The molecule has 3 rings (SSSR count). The number of piperidine rings is 1. The topological polar surface area (TPSA) is 139 Å². The van der Waals surface area contributed by atoms with E-state index in [1.165, 1.54) is 13.3 Å². The maximum atomic E-state index is 13.7. The Balaban J connectivity index is 1.85. The number of carbonyl (C=O) groups is 3. The summed E-state index contributed by atoms with van der Waals surface area (Å²) >= 11 is 0. The first-order valence-electron chi connectivity index (χ1n) is 13.7. The molecule has 1 saturated carbocycles. The van der Waals surface area contributed by atoms with Crippen molar-refractivity contribution in [1.29, 1.82) is 5.26 Å². The standard InChI is InChI=1S/C26H43N7O4/c1-4-37-25(36)30-24(33-13-10-21(17-33)28-19(2)34)29-22(16-20-8-6-5-7-9-20)23(35)31-26(18-27)11-14-32(3)15-12-26/h20-22H,4-17H2,1-3H3,(H,28,34)(H,31,35)(H,29,30,36)/t21-,22-/m0/s1. The van der Waals surface area contributed by atoms with Crippen LogP contribution in [0.25, 0.3) is 0 Å². The average molecular weight is 518 g/mol. The van der Waals surface area contributed by atoms with E-state index in [0.29, 0.717) is 44.7 Å². The first-order chi connectivity index (χ1) is 17.7. The monoisotopic (exact) mass is 517 g/mol. The van der Waals surface area contributed by atoms with Crippen LogP contribution in [0.2, 0.25) is 0 Å². The number of nitrogens with one attached hydrogen (secondary N) is 3. The third-order valence-corrected chi connectivity index (χ3v) is 7.66. The lowest BCUT2D eigenvalue weighted by Crippen LogP contribution is -2.56. The second kappa shape index (κ2) is 13.6. The van der Waals surface area contributed by atoms with Gasteiger partial charge in [0.1, 0.15) is 11.6 Å². The zero-order chi connectivity index (χ0) is 26.8. The van der Waals surface area contributed by atoms with Gasteiger partial charge < -0.3 is 25.2 Å². The molecule has 206 valence electrons. The Morgan fingerprint density at radius 1 is 1.14 bits per heavy atom. The van der Waals surface area contributed by atoms with Crippen LogP contribution in [0.1, 0.15) is 71.6 Å². The Kier molecular flexibility index (Phi) is 10.6. The Morgan fingerprint density at radius 3 is 2.46 bits per heavy atom. The first kappa shape index (κ1) is 28.7. The van der Waals surface area contributed by atoms with Gasteiger partial charge >= 0.3 is 6.09 Å². The summed E-state index contributed by atoms with van der Waals surface area (Å²) in [5.74, 6) is 0.241. The van der Waals surface area contributed by atoms with Gasteiger partial charge in [-0.05, 0) is 45.6 Å². The van der Waals surface area contributed by atoms with E-state index in [-0.39, 0.29) is 30.4 Å². The number of amides is 3. The van der Waals surface area contributed by atoms with Crippen LogP contribution in [0.4, 0.5) is 4.79 Å². The lowest BCUT2D eigenvalue weighted by atomic mass is 9.84. The number of alkyl carbamates (subject to hydrolysis) is 1. The summed E-state index contributed by atoms with van der Waals surface area (Å²) in [6, 6.07) is 1.54. The highest BCUT2D eigenvalue weighted by Crippen LogP contribution is 2.29. The number of nitriles is 1. The van der Waals surface area contributed by atoms with Gasteiger partial charge in [0, 0.05) is 39.1 Å². The van der Waals surface area contributed by atoms with Crippen molar-refractivity contribution in [3.8, 4) is 6.07 Å². The average Bonchev–Trinajstić information content (AvgIpc) is 3.33. The van der Waals surface area contributed by atoms with Crippen molar-refractivity contribution in [3.63, 3.8) is 0 Å². The van der Waals surface area contributed by atoms with Crippen LogP contribution in [0, 0.1) is 17.2 Å². The molecule has 3 amide bonds. The predicted molar refractivity (Wildman–Crippen MR) is 140 cm³/mol. The lowest BCUT2D eigenvalue weighted by molar-refractivity contribution is -0.124. The number of nitrogens with zero attached hydrogens (tertiary/aromatic N) is 4. The second-order valence-electron chi connectivity index (χ2n) is 10.7. The van der Waals surface area contributed by atoms with Crippen LogP contribution in [-0.4, -0.2) is 91.1 Å². The molecular formula is C26H43N7O4. The zero-order valence-corrected chi connectivity index (χ0v) is 22.6. The van der Waals surface area contributed by atoms with Crippen LogP contribution < -0.4 is 16.0 Å². The molecule has 2 aliphatic heterocycles. The van der Waals surface area contributed by atoms with Crippen molar-refractivity contribution in [2.75, 3.05) is 39.8 Å². The molecule has 2 saturated heterocycles. The number of hydrogen-bond donors (Lipinski definition) is 3. The number of guanidine groups is 1. The van der Waals surface area contributed by atoms with Gasteiger partial charge in [0.25, 0.3) is 0 Å². The van der Waals surface area contributed by atoms with Gasteiger partial charge in [0.2, 0.25) is 17.8 Å². The maximum Gasteiger partial charge on any atom is 0.413 e. The van der Waals surface area contributed by atoms with Crippen LogP contribution >= 0.6 is 0 Å². The van der Waals surface area contributed by atoms with Crippen molar-refractivity contribution in [3.05, 3.63) is 0 Å². The highest BCUT2D eigenvalue weighted by molar-refractivity contribution is 5.96. The molecule has 0 aromatic carbocycles. The van der Waals surface area contributed by atoms with E-state index in [2.05, 4.69) is 26.9 Å². The van der Waals surface area contributed by atoms with E-state index in [0.717, 1.165) is 38.8 Å². The highest BCUT2D eigenvalue weighted by atomic mass is 16.5. The number of carbonyl (C=O) groups excluding carboxylic acids is 3. The summed E-state index contributed by atoms with van der Waals surface area (Å²) in [5.41, 5.74) is -0.914. The molecule has 2 heterocycles. The molecule has 11 nitrogen and oxygen atoms in total. The molecule has 11 heteroatoms. The number of ether oxygens (including phenoxy) is 1. The molecule has 0 spiro atoms. The van der Waals surface area contributed by atoms with Crippen molar-refractivity contribution < 1.29 is 19.1 Å². The zero-order valence-electron chi connectivity index (χ0n) is 22.6. The van der Waals surface area contributed by atoms with E-state index in [1.54, 1.807) is 6.92 Å². The molecule has 3 aliphatic rings. The quantitative estimate of drug-likeness (QED) is 0.345. The minimum absolute atomic E-state index is 0.0709. The lowest BCUT2D eigenvalue weighted by Gasteiger charge is -2.37. The Bertz CT molecular complexity index is 873. The molecule has 0 aromatic rings. The SMILES string of the molecule is CCOC(=O)NC(=N[C@@H](CC1CCCCC1)C(=O)NC1(C#N)CCN(C)CC1)N1CC[C@H](NC(C)=O)C1. The van der Waals surface area contributed by atoms with E-state index in [9.17, 15) is 19.6 Å². The van der Waals surface area contributed by atoms with Crippen LogP contribution in [0.5, 0.6) is 0 Å². The third kappa shape index (κ3) is 8.59. The molecule has 0 bridgehead atoms. The van der Waals surface area contributed by atoms with Gasteiger partial charge in [-0.15, -0.1) is 0 Å². The highest BCUT2D eigenvalue weighted by Gasteiger charge is 2.38. The largest absolute Gasteiger partial charge is 0.450 e. The number of hydrogen-bond acceptors (Lipinski definition) is 7. The van der Waals surface area contributed by atoms with E-state index in [1.807, 2.05) is 11.9 Å². The maximum absolute atomic E-state index is 13.7. The third-order valence-electron chi connectivity index (χ3n) is 7.66. The van der Waals surface area contributed by atoms with Crippen molar-refractivity contribution in [2.24, 2.45) is 10.9 Å². The van der Waals surface area contributed by atoms with Gasteiger partial charge in [-0.3, -0.25) is 14.9 Å². The van der Waals surface area contributed by atoms with Gasteiger partial charge in [-0.2, -0.15) is 5.26 Å². The Labute approximate surface area is 220 Å². The number of likely N-dealkylation sites (tertiary alicyclic amines) is 2. The van der Waals surface area contributed by atoms with Crippen molar-refractivity contribution >= 4 is 23.9 Å². The smallest absolute Gasteiger partial charge is 0.413 e. The summed E-state index contributed by atoms with van der Waals surface area (Å²) in [7, 11) is 2.01. The molecule has 0 radical (unpaired) electrons. The summed E-state index contributed by atoms with van der Waals surface area (Å²) < 4.78 is 5.10. The molecule has 3 fully saturated rings. The van der Waals surface area contributed by atoms with Crippen LogP contribution in [0.3, 0.4) is 0 Å². The van der Waals surface area contributed by atoms with E-state index < -0.39 is 17.7 Å². The Hall–Kier alpha value is -2.87. The van der Waals surface area contributed by atoms with Crippen LogP contribution in [0.15, 0.2) is 4.99 Å². The second-order valence-corrected chi connectivity index (χ2v) is 10.7. The van der Waals surface area contributed by atoms with Gasteiger partial charge in [-0.25, -0.2) is 9.79 Å². The summed E-state index contributed by atoms with van der Waals surface area (Å²) in [6.45, 7) is 5.92. The fourth-order valence-electron chi connectivity index (χ4n) is 5.50. The normalized spacial score (nSPS) is 23.6. The molecule has 2 atom stereocenters. The van der Waals surface area contributed by atoms with Crippen LogP contribution in [-0.2, 0) is 14.3 Å². The number of aliphatic imine (C=N–C) groups is 1. The van der Waals surface area contributed by atoms with E-state index >= 15 is 0 Å². The summed E-state index contributed by atoms with van der Waals surface area (Å²) in [4.78, 5) is 46.5. The van der Waals surface area contributed by atoms with Crippen molar-refractivity contribution in [1.82, 2.24) is 25.8 Å². The van der Waals surface area contributed by atoms with Gasteiger partial charge in [-0.1, -0.05) is 32.1 Å². The van der Waals surface area contributed by atoms with Gasteiger partial charge in [0.15, 0.2) is 0 Å². The first-order valence-corrected chi connectivity index (χ1v) is 13.7. The molecule has 3 N–H and O–H groups in total. The molecule has 37 heavy (non-hydrogen) atoms. The molecule has 1 aliphatic carbocycles. The van der Waals surface area contributed by atoms with E-state index in [4.69, 9.17) is 9.73 Å². The Morgan fingerprint density at radius 2 is 1.84 bits per heavy atom. The van der Waals surface area contributed by atoms with Gasteiger partial charge in [0.05, 0.1) is 12.7 Å². The summed E-state index contributed by atoms with van der Waals surface area (Å²) in [5, 5.41) is 18.7. The summed E-state index contributed by atoms with van der Waals surface area (Å²) in [6.07, 6.45) is 7.31. The fraction of sp³-hybridized carbons (Fsp3) is 0.808. The minimum atomic E-state index is -0.914. The minimum Gasteiger partial charge on any atom is -0.450 e. The predicted octanol–water partition coefficient (Wildman–Crippen LogP) is 1.74. The molecule has 0 aromatic heterocycles.